The van der Waals surface area contributed by atoms with Crippen molar-refractivity contribution in [2.24, 2.45) is 5.41 Å². The monoisotopic (exact) mass is 2060 g/mol. The average molecular weight is 2060 g/mol. The molecule has 2 unspecified atom stereocenters. The number of nitrogens with zero attached hydrogens (tertiary/aromatic N) is 18. The Morgan fingerprint density at radius 3 is 1.59 bits per heavy atom. The molecule has 31 nitrogen and oxygen atoms in total. The summed E-state index contributed by atoms with van der Waals surface area (Å²) in [5.41, 5.74) is 16.5. The Morgan fingerprint density at radius 1 is 0.507 bits per heavy atom. The van der Waals surface area contributed by atoms with Crippen LogP contribution in [0, 0.1) is 40.0 Å². The smallest absolute Gasteiger partial charge is 0.335 e. The first kappa shape index (κ1) is 111. The van der Waals surface area contributed by atoms with E-state index in [0.29, 0.717) is 102 Å². The van der Waals surface area contributed by atoms with Crippen LogP contribution in [-0.4, -0.2) is 164 Å². The number of amides is 1. The normalized spacial score (nSPS) is 13.6. The van der Waals surface area contributed by atoms with Gasteiger partial charge in [0.2, 0.25) is 11.8 Å². The number of imidazole rings is 1. The Bertz CT molecular complexity index is 6940. The van der Waals surface area contributed by atoms with Crippen molar-refractivity contribution in [3.63, 3.8) is 0 Å². The number of benzene rings is 4. The molecular weight excluding hydrogens is 1930 g/mol. The molecule has 774 valence electrons. The van der Waals surface area contributed by atoms with Crippen LogP contribution < -0.4 is 9.47 Å². The number of aromatic nitrogens is 17. The van der Waals surface area contributed by atoms with E-state index in [1.165, 1.54) is 21.7 Å². The van der Waals surface area contributed by atoms with Gasteiger partial charge in [0.1, 0.15) is 53.6 Å². The molecule has 18 rings (SSSR count). The Kier molecular flexibility index (Phi) is 40.6. The largest absolute Gasteiger partial charge is 0.487 e. The maximum atomic E-state index is 12.4. The number of carboxylic acid groups (broad SMARTS) is 4. The van der Waals surface area contributed by atoms with Gasteiger partial charge in [0.15, 0.2) is 6.23 Å². The molecule has 2 aliphatic heterocycles. The minimum absolute atomic E-state index is 0. The van der Waals surface area contributed by atoms with Gasteiger partial charge in [-0.05, 0) is 263 Å². The number of thiophene rings is 1. The van der Waals surface area contributed by atoms with E-state index < -0.39 is 30.1 Å². The highest BCUT2D eigenvalue weighted by Gasteiger charge is 2.50. The lowest BCUT2D eigenvalue weighted by Gasteiger charge is -2.39. The van der Waals surface area contributed by atoms with Crippen LogP contribution in [0.3, 0.4) is 0 Å². The summed E-state index contributed by atoms with van der Waals surface area (Å²) in [4.78, 5) is 92.1. The minimum atomic E-state index is -0.941. The van der Waals surface area contributed by atoms with E-state index in [1.54, 1.807) is 99.3 Å². The van der Waals surface area contributed by atoms with E-state index in [-0.39, 0.29) is 30.9 Å². The number of fused-ring (bicyclic) bond motifs is 1. The van der Waals surface area contributed by atoms with Gasteiger partial charge in [0.25, 0.3) is 0 Å². The second-order valence-corrected chi connectivity index (χ2v) is 39.1. The zero-order valence-electron chi connectivity index (χ0n) is 84.3. The number of ether oxygens (including phenoxy) is 3. The molecular formula is C114H130Cl2N18O13S. The van der Waals surface area contributed by atoms with Crippen LogP contribution in [0.2, 0.25) is 10.0 Å². The molecule has 2 atom stereocenters. The van der Waals surface area contributed by atoms with Gasteiger partial charge >= 0.3 is 23.9 Å². The van der Waals surface area contributed by atoms with Crippen molar-refractivity contribution in [2.45, 2.75) is 249 Å². The van der Waals surface area contributed by atoms with Crippen molar-refractivity contribution in [2.75, 3.05) is 20.3 Å². The maximum absolute atomic E-state index is 12.4. The molecule has 148 heavy (non-hydrogen) atoms. The second kappa shape index (κ2) is 54.3. The van der Waals surface area contributed by atoms with E-state index in [9.17, 15) is 44.4 Å². The van der Waals surface area contributed by atoms with Gasteiger partial charge in [-0.1, -0.05) is 141 Å². The highest BCUT2D eigenvalue weighted by molar-refractivity contribution is 7.09. The van der Waals surface area contributed by atoms with Crippen LogP contribution in [0.5, 0.6) is 11.6 Å². The van der Waals surface area contributed by atoms with Crippen molar-refractivity contribution < 1.29 is 63.7 Å². The topological polar surface area (TPSA) is 405 Å². The van der Waals surface area contributed by atoms with Gasteiger partial charge in [-0.3, -0.25) is 29.7 Å². The van der Waals surface area contributed by atoms with Crippen LogP contribution in [0.25, 0.3) is 0 Å². The third-order valence-corrected chi connectivity index (χ3v) is 27.5. The van der Waals surface area contributed by atoms with Crippen molar-refractivity contribution in [3.8, 4) is 11.6 Å². The first-order valence-electron chi connectivity index (χ1n) is 49.9. The van der Waals surface area contributed by atoms with E-state index >= 15 is 0 Å². The van der Waals surface area contributed by atoms with Crippen molar-refractivity contribution in [1.29, 1.82) is 0 Å². The Balaban J connectivity index is 0.000000155. The highest BCUT2D eigenvalue weighted by atomic mass is 35.5. The van der Waals surface area contributed by atoms with E-state index in [1.807, 2.05) is 116 Å². The van der Waals surface area contributed by atoms with E-state index in [0.717, 1.165) is 244 Å². The predicted octanol–water partition coefficient (Wildman–Crippen LogP) is 20.9. The van der Waals surface area contributed by atoms with Gasteiger partial charge < -0.3 is 62.9 Å². The molecule has 5 N–H and O–H groups in total. The molecule has 11 aromatic heterocycles. The standard InChI is InChI=1S/C30H35N3O5.C22H24N4O2.C21H24N4O2.C20H20Cl2N4O2.C20H23N3O2S.CH4/c1-21(35)33-19-30(13-14-30)20-38-29(33)23-15-24(31-25(16-23)17-34)9-6-10-26-27(11-12-28(32-26)36-2)37-18-22-7-4-3-5-8-22;1-15-13-17(22(27)28)14-18(23-15)9-5-11-20-24-25-21-12-6-10-19(26(20)21)16-7-3-2-4-8-16;1-16-13-18(21(26)27)14-19(23-16)10-5-11-20-24-22-15-25(20)12-6-9-17-7-3-2-4-8-17;1-12-8-15(20(27)28)10-16(23-12)4-3-5-19-25-24-13(2)26(19)11-14-6-7-17(21)18(22)9-14;1-3-17-12-21-19(23(17)13-18-7-5-9-26-18)8-4-6-16-11-15(20(24)25)10-14(2)22-16;/h3-5,7-8,11-12,15-16,29,34H,6,9-10,13-14,17-20H2,1-2H3;2-4,7-8,13-14,19H,5-6,9-12H2,1H3,(H,27,28);2-4,7-8,13-15H,5-6,9-12H2,1H3,(H,26,27);6-10H,3-5,11H2,1-2H3,(H,27,28);5,7,9-12H,3-4,6,8,13H2,1-2H3,(H,24,25);1H4. The number of hydrogen-bond donors (Lipinski definition) is 5. The number of carbonyl (C=O) groups is 5. The predicted molar refractivity (Wildman–Crippen MR) is 568 cm³/mol. The van der Waals surface area contributed by atoms with Crippen LogP contribution in [0.15, 0.2) is 212 Å². The van der Waals surface area contributed by atoms with Crippen molar-refractivity contribution in [1.82, 2.24) is 88.6 Å². The zero-order valence-corrected chi connectivity index (χ0v) is 86.6. The third-order valence-electron chi connectivity index (χ3n) is 25.9. The van der Waals surface area contributed by atoms with Gasteiger partial charge in [-0.25, -0.2) is 29.1 Å². The summed E-state index contributed by atoms with van der Waals surface area (Å²) in [6, 6.07) is 61.6. The molecule has 1 saturated carbocycles. The van der Waals surface area contributed by atoms with Crippen molar-refractivity contribution in [3.05, 3.63) is 380 Å². The van der Waals surface area contributed by atoms with Gasteiger partial charge in [0.05, 0.1) is 83.1 Å². The molecule has 34 heteroatoms. The summed E-state index contributed by atoms with van der Waals surface area (Å²) in [6.45, 7) is 16.9. The molecule has 3 aliphatic rings. The van der Waals surface area contributed by atoms with Gasteiger partial charge in [-0.15, -0.1) is 41.9 Å². The summed E-state index contributed by atoms with van der Waals surface area (Å²) in [5.74, 6) is 3.41. The van der Waals surface area contributed by atoms with Gasteiger partial charge in [-0.2, -0.15) is 0 Å². The fourth-order valence-electron chi connectivity index (χ4n) is 18.3. The Morgan fingerprint density at radius 2 is 1.05 bits per heavy atom. The third kappa shape index (κ3) is 32.0. The molecule has 1 saturated heterocycles. The van der Waals surface area contributed by atoms with Crippen LogP contribution >= 0.6 is 34.5 Å². The number of methoxy groups -OCH3 is 1. The minimum Gasteiger partial charge on any atom is -0.487 e. The Labute approximate surface area is 877 Å². The molecule has 15 aromatic rings. The summed E-state index contributed by atoms with van der Waals surface area (Å²) in [5, 5.41) is 75.4. The number of rotatable bonds is 40. The molecule has 0 bridgehead atoms. The molecule has 0 radical (unpaired) electrons. The molecule has 13 heterocycles. The van der Waals surface area contributed by atoms with Crippen LogP contribution in [0.1, 0.15) is 275 Å². The van der Waals surface area contributed by atoms with E-state index in [4.69, 9.17) is 42.5 Å². The van der Waals surface area contributed by atoms with Gasteiger partial charge in [0, 0.05) is 137 Å². The summed E-state index contributed by atoms with van der Waals surface area (Å²) in [7, 11) is 1.60. The first-order valence-corrected chi connectivity index (χ1v) is 51.5. The molecule has 1 aliphatic carbocycles. The first-order chi connectivity index (χ1) is 71.1. The number of pyridine rings is 6. The molecule has 2 fully saturated rings. The highest BCUT2D eigenvalue weighted by Crippen LogP contribution is 2.51. The van der Waals surface area contributed by atoms with Crippen molar-refractivity contribution >= 4 is 64.3 Å². The number of hydrogen-bond acceptors (Lipinski definition) is 23. The summed E-state index contributed by atoms with van der Waals surface area (Å²) >= 11 is 13.9. The number of aromatic carboxylic acids is 4. The molecule has 1 spiro atoms. The number of aryl methyl sites for hydroxylation is 19. The molecule has 1 amide bonds. The Hall–Kier alpha value is -14.4. The number of carbonyl (C=O) groups excluding carboxylic acids is 1. The lowest BCUT2D eigenvalue weighted by Crippen LogP contribution is -2.45. The zero-order chi connectivity index (χ0) is 104. The number of carboxylic acids is 4. The maximum Gasteiger partial charge on any atom is 0.335 e. The number of aliphatic hydroxyl groups is 1. The quantitative estimate of drug-likeness (QED) is 0.0238. The molecule has 4 aromatic carbocycles. The SMILES string of the molecule is C.CCc1cnc(CCCc2cc(C(=O)O)cc(C)n2)n1Cc1cccs1.COc1ccc(OCc2ccccc2)c(CCCc2cc(C3OCC4(CC4)CN3C(C)=O)cc(CO)n2)n1.Cc1cc(C(=O)O)cc(CCCc2nnc(C)n2Cc2ccc(Cl)c(Cl)c2)n1.Cc1cc(C(=O)O)cc(CCCc2nnc3n2C(c2ccccc2)CCC3)n1.Cc1cc(C(=O)O)cc(CCCc2nncn2CCCc2ccccc2)n1. The number of aliphatic hydroxyl groups excluding tert-OH is 1. The van der Waals surface area contributed by atoms with Crippen LogP contribution in [-0.2, 0) is 126 Å². The van der Waals surface area contributed by atoms with E-state index in [2.05, 4.69) is 152 Å². The second-order valence-electron chi connectivity index (χ2n) is 37.3. The average Bonchev–Trinajstić information content (AvgIpc) is 1.60. The fraction of sp³-hybridized carbons (Fsp3) is 0.368. The van der Waals surface area contributed by atoms with Crippen LogP contribution in [0.4, 0.5) is 0 Å². The summed E-state index contributed by atoms with van der Waals surface area (Å²) in [6.07, 6.45) is 23.2. The number of halogens is 2. The lowest BCUT2D eigenvalue weighted by molar-refractivity contribution is -0.164. The summed E-state index contributed by atoms with van der Waals surface area (Å²) < 4.78 is 26.4. The fourth-order valence-corrected chi connectivity index (χ4v) is 19.4. The lowest BCUT2D eigenvalue weighted by atomic mass is 9.96.